The lowest BCUT2D eigenvalue weighted by Crippen LogP contribution is -2.29. The molecule has 0 atom stereocenters. The van der Waals surface area contributed by atoms with Crippen molar-refractivity contribution in [2.75, 3.05) is 12.3 Å². The highest BCUT2D eigenvalue weighted by molar-refractivity contribution is 5.75. The van der Waals surface area contributed by atoms with Crippen LogP contribution in [-0.4, -0.2) is 27.4 Å². The van der Waals surface area contributed by atoms with Crippen LogP contribution in [0.3, 0.4) is 0 Å². The van der Waals surface area contributed by atoms with Crippen molar-refractivity contribution in [1.82, 2.24) is 20.3 Å². The molecule has 0 fully saturated rings. The third-order valence-electron chi connectivity index (χ3n) is 2.49. The number of nitrogens with zero attached hydrogens (tertiary/aromatic N) is 3. The number of nitrogens with one attached hydrogen (secondary N) is 1. The molecule has 0 bridgehead atoms. The van der Waals surface area contributed by atoms with Gasteiger partial charge in [-0.1, -0.05) is 17.3 Å². The quantitative estimate of drug-likeness (QED) is 0.738. The Bertz CT molecular complexity index is 492. The van der Waals surface area contributed by atoms with Gasteiger partial charge in [-0.15, -0.1) is 5.10 Å². The summed E-state index contributed by atoms with van der Waals surface area (Å²) in [6, 6.07) is 7.62. The predicted molar refractivity (Wildman–Crippen MR) is 67.6 cm³/mol. The average molecular weight is 245 g/mol. The first-order valence-electron chi connectivity index (χ1n) is 5.69. The summed E-state index contributed by atoms with van der Waals surface area (Å²) in [5, 5.41) is 10.2. The first kappa shape index (κ1) is 12.1. The fourth-order valence-electron chi connectivity index (χ4n) is 1.55. The zero-order valence-corrected chi connectivity index (χ0v) is 9.91. The van der Waals surface area contributed by atoms with Gasteiger partial charge in [0, 0.05) is 18.4 Å². The van der Waals surface area contributed by atoms with Crippen LogP contribution < -0.4 is 11.1 Å². The summed E-state index contributed by atoms with van der Waals surface area (Å²) in [6.45, 7) is 0.791. The SMILES string of the molecule is Nc1ccc(CCNC(=O)Cn2ccnn2)cc1. The third kappa shape index (κ3) is 3.58. The van der Waals surface area contributed by atoms with Crippen molar-refractivity contribution in [3.05, 3.63) is 42.2 Å². The van der Waals surface area contributed by atoms with Crippen molar-refractivity contribution >= 4 is 11.6 Å². The highest BCUT2D eigenvalue weighted by Gasteiger charge is 2.02. The van der Waals surface area contributed by atoms with Crippen molar-refractivity contribution in [2.24, 2.45) is 0 Å². The lowest BCUT2D eigenvalue weighted by Gasteiger charge is -2.05. The molecule has 2 rings (SSSR count). The van der Waals surface area contributed by atoms with E-state index in [4.69, 9.17) is 5.73 Å². The van der Waals surface area contributed by atoms with Crippen LogP contribution in [0.15, 0.2) is 36.7 Å². The number of carbonyl (C=O) groups is 1. The number of amides is 1. The Morgan fingerprint density at radius 3 is 2.78 bits per heavy atom. The van der Waals surface area contributed by atoms with Crippen molar-refractivity contribution in [3.8, 4) is 0 Å². The molecule has 0 radical (unpaired) electrons. The second-order valence-corrected chi connectivity index (χ2v) is 3.94. The van der Waals surface area contributed by atoms with Crippen LogP contribution >= 0.6 is 0 Å². The number of rotatable bonds is 5. The van der Waals surface area contributed by atoms with Gasteiger partial charge in [-0.25, -0.2) is 4.68 Å². The van der Waals surface area contributed by atoms with Crippen LogP contribution in [-0.2, 0) is 17.8 Å². The second kappa shape index (κ2) is 5.81. The van der Waals surface area contributed by atoms with Gasteiger partial charge in [0.05, 0.1) is 6.20 Å². The van der Waals surface area contributed by atoms with E-state index in [2.05, 4.69) is 15.6 Å². The van der Waals surface area contributed by atoms with Gasteiger partial charge in [0.15, 0.2) is 0 Å². The number of nitrogens with two attached hydrogens (primary N) is 1. The Balaban J connectivity index is 1.72. The topological polar surface area (TPSA) is 85.8 Å². The van der Waals surface area contributed by atoms with Crippen molar-refractivity contribution in [1.29, 1.82) is 0 Å². The zero-order valence-electron chi connectivity index (χ0n) is 9.91. The molecule has 94 valence electrons. The van der Waals surface area contributed by atoms with Crippen molar-refractivity contribution in [3.63, 3.8) is 0 Å². The summed E-state index contributed by atoms with van der Waals surface area (Å²) >= 11 is 0. The Morgan fingerprint density at radius 2 is 2.11 bits per heavy atom. The maximum Gasteiger partial charge on any atom is 0.241 e. The van der Waals surface area contributed by atoms with E-state index in [1.54, 1.807) is 12.4 Å². The molecule has 0 saturated heterocycles. The van der Waals surface area contributed by atoms with Gasteiger partial charge >= 0.3 is 0 Å². The van der Waals surface area contributed by atoms with E-state index in [1.165, 1.54) is 4.68 Å². The maximum absolute atomic E-state index is 11.5. The number of benzene rings is 1. The summed E-state index contributed by atoms with van der Waals surface area (Å²) < 4.78 is 1.48. The largest absolute Gasteiger partial charge is 0.399 e. The fraction of sp³-hybridized carbons (Fsp3) is 0.250. The number of carbonyl (C=O) groups excluding carboxylic acids is 1. The van der Waals surface area contributed by atoms with Crippen LogP contribution in [0.5, 0.6) is 0 Å². The number of nitrogen functional groups attached to an aromatic ring is 1. The highest BCUT2D eigenvalue weighted by Crippen LogP contribution is 2.05. The van der Waals surface area contributed by atoms with Gasteiger partial charge in [-0.2, -0.15) is 0 Å². The smallest absolute Gasteiger partial charge is 0.241 e. The summed E-state index contributed by atoms with van der Waals surface area (Å²) in [6.07, 6.45) is 3.98. The minimum Gasteiger partial charge on any atom is -0.399 e. The predicted octanol–water partition coefficient (Wildman–Crippen LogP) is 0.219. The third-order valence-corrected chi connectivity index (χ3v) is 2.49. The second-order valence-electron chi connectivity index (χ2n) is 3.94. The molecule has 1 amide bonds. The minimum atomic E-state index is -0.0732. The number of hydrogen-bond donors (Lipinski definition) is 2. The first-order chi connectivity index (χ1) is 8.74. The monoisotopic (exact) mass is 245 g/mol. The van der Waals surface area contributed by atoms with E-state index in [0.29, 0.717) is 6.54 Å². The molecule has 1 aromatic heterocycles. The molecule has 2 aromatic rings. The highest BCUT2D eigenvalue weighted by atomic mass is 16.2. The van der Waals surface area contributed by atoms with Crippen molar-refractivity contribution < 1.29 is 4.79 Å². The zero-order chi connectivity index (χ0) is 12.8. The van der Waals surface area contributed by atoms with Crippen LogP contribution in [0, 0.1) is 0 Å². The lowest BCUT2D eigenvalue weighted by atomic mass is 10.1. The van der Waals surface area contributed by atoms with Crippen LogP contribution in [0.2, 0.25) is 0 Å². The van der Waals surface area contributed by atoms with E-state index in [0.717, 1.165) is 17.7 Å². The Morgan fingerprint density at radius 1 is 1.33 bits per heavy atom. The summed E-state index contributed by atoms with van der Waals surface area (Å²) in [5.74, 6) is -0.0732. The van der Waals surface area contributed by atoms with Gasteiger partial charge in [-0.3, -0.25) is 4.79 Å². The molecule has 0 aliphatic carbocycles. The minimum absolute atomic E-state index is 0.0732. The molecular formula is C12H15N5O. The molecule has 1 aromatic carbocycles. The molecular weight excluding hydrogens is 230 g/mol. The normalized spacial score (nSPS) is 10.2. The van der Waals surface area contributed by atoms with E-state index in [1.807, 2.05) is 24.3 Å². The van der Waals surface area contributed by atoms with Gasteiger partial charge in [0.1, 0.15) is 6.54 Å². The Labute approximate surface area is 105 Å². The lowest BCUT2D eigenvalue weighted by molar-refractivity contribution is -0.121. The Kier molecular flexibility index (Phi) is 3.90. The van der Waals surface area contributed by atoms with E-state index in [-0.39, 0.29) is 12.5 Å². The molecule has 0 aliphatic heterocycles. The molecule has 18 heavy (non-hydrogen) atoms. The number of anilines is 1. The fourth-order valence-corrected chi connectivity index (χ4v) is 1.55. The van der Waals surface area contributed by atoms with Crippen LogP contribution in [0.4, 0.5) is 5.69 Å². The van der Waals surface area contributed by atoms with E-state index >= 15 is 0 Å². The molecule has 6 heteroatoms. The van der Waals surface area contributed by atoms with Gasteiger partial charge < -0.3 is 11.1 Å². The van der Waals surface area contributed by atoms with E-state index in [9.17, 15) is 4.79 Å². The molecule has 0 spiro atoms. The van der Waals surface area contributed by atoms with Gasteiger partial charge in [0.25, 0.3) is 0 Å². The number of aromatic nitrogens is 3. The molecule has 3 N–H and O–H groups in total. The maximum atomic E-state index is 11.5. The molecule has 1 heterocycles. The van der Waals surface area contributed by atoms with Gasteiger partial charge in [-0.05, 0) is 24.1 Å². The summed E-state index contributed by atoms with van der Waals surface area (Å²) in [7, 11) is 0. The molecule has 0 saturated carbocycles. The van der Waals surface area contributed by atoms with Gasteiger partial charge in [0.2, 0.25) is 5.91 Å². The van der Waals surface area contributed by atoms with E-state index < -0.39 is 0 Å². The summed E-state index contributed by atoms with van der Waals surface area (Å²) in [5.41, 5.74) is 7.48. The number of hydrogen-bond acceptors (Lipinski definition) is 4. The molecule has 0 aliphatic rings. The molecule has 6 nitrogen and oxygen atoms in total. The summed E-state index contributed by atoms with van der Waals surface area (Å²) in [4.78, 5) is 11.5. The van der Waals surface area contributed by atoms with Crippen LogP contribution in [0.25, 0.3) is 0 Å². The first-order valence-corrected chi connectivity index (χ1v) is 5.69. The standard InChI is InChI=1S/C12H15N5O/c13-11-3-1-10(2-4-11)5-6-14-12(18)9-17-8-7-15-16-17/h1-4,7-8H,5-6,9,13H2,(H,14,18). The Hall–Kier alpha value is -2.37. The average Bonchev–Trinajstić information content (AvgIpc) is 2.84. The van der Waals surface area contributed by atoms with Crippen molar-refractivity contribution in [2.45, 2.75) is 13.0 Å². The van der Waals surface area contributed by atoms with Crippen LogP contribution in [0.1, 0.15) is 5.56 Å². The molecule has 0 unspecified atom stereocenters.